The Bertz CT molecular complexity index is 1210. The van der Waals surface area contributed by atoms with Gasteiger partial charge in [0.05, 0.1) is 0 Å². The second-order valence-corrected chi connectivity index (χ2v) is 11.4. The van der Waals surface area contributed by atoms with Gasteiger partial charge in [0.15, 0.2) is 6.61 Å². The van der Waals surface area contributed by atoms with Gasteiger partial charge in [0.1, 0.15) is 16.5 Å². The number of rotatable bonds is 8. The molecule has 2 atom stereocenters. The highest BCUT2D eigenvalue weighted by atomic mass is 35.5. The number of carbonyl (C=O) groups is 2. The van der Waals surface area contributed by atoms with E-state index in [9.17, 15) is 22.4 Å². The second-order valence-electron chi connectivity index (χ2n) is 9.30. The number of halogens is 2. The summed E-state index contributed by atoms with van der Waals surface area (Å²) in [5.74, 6) is -1.87. The van der Waals surface area contributed by atoms with Crippen molar-refractivity contribution in [1.29, 1.82) is 0 Å². The molecule has 0 aliphatic carbocycles. The molecule has 2 aromatic rings. The number of ether oxygens (including phenoxy) is 1. The van der Waals surface area contributed by atoms with Crippen LogP contribution in [0.5, 0.6) is 5.75 Å². The zero-order chi connectivity index (χ0) is 26.6. The Morgan fingerprint density at radius 2 is 1.78 bits per heavy atom. The highest BCUT2D eigenvalue weighted by Crippen LogP contribution is 2.28. The van der Waals surface area contributed by atoms with Crippen LogP contribution in [-0.4, -0.2) is 61.8 Å². The molecule has 0 spiro atoms. The summed E-state index contributed by atoms with van der Waals surface area (Å²) in [5.41, 5.74) is 0.986. The van der Waals surface area contributed by atoms with Crippen LogP contribution in [0.15, 0.2) is 47.4 Å². The Kier molecular flexibility index (Phi) is 8.97. The first-order chi connectivity index (χ1) is 16.9. The van der Waals surface area contributed by atoms with Crippen molar-refractivity contribution in [3.05, 3.63) is 58.9 Å². The number of piperazine rings is 1. The average molecular weight is 540 g/mol. The third kappa shape index (κ3) is 6.96. The van der Waals surface area contributed by atoms with E-state index in [-0.39, 0.29) is 46.1 Å². The summed E-state index contributed by atoms with van der Waals surface area (Å²) in [7, 11) is -4.25. The van der Waals surface area contributed by atoms with Gasteiger partial charge in [0.2, 0.25) is 5.91 Å². The Labute approximate surface area is 216 Å². The van der Waals surface area contributed by atoms with Gasteiger partial charge in [-0.15, -0.1) is 0 Å². The zero-order valence-electron chi connectivity index (χ0n) is 20.7. The van der Waals surface area contributed by atoms with Gasteiger partial charge in [-0.25, -0.2) is 17.5 Å². The molecule has 0 aromatic heterocycles. The van der Waals surface area contributed by atoms with E-state index in [0.717, 1.165) is 5.56 Å². The molecule has 2 amide bonds. The SMILES string of the molecule is CC(C)C(=O)NS(=O)(=O)c1cc(Cl)ccc1OCC(=O)N1C[C@H](C)N(Cc2ccc(F)cc2)C[C@H]1C. The number of amides is 2. The molecule has 1 aliphatic rings. The maximum Gasteiger partial charge on any atom is 0.267 e. The van der Waals surface area contributed by atoms with Gasteiger partial charge in [0, 0.05) is 42.7 Å². The van der Waals surface area contributed by atoms with Crippen LogP contribution >= 0.6 is 11.6 Å². The van der Waals surface area contributed by atoms with Gasteiger partial charge < -0.3 is 9.64 Å². The van der Waals surface area contributed by atoms with E-state index >= 15 is 0 Å². The molecule has 0 bridgehead atoms. The number of benzene rings is 2. The minimum Gasteiger partial charge on any atom is -0.482 e. The molecule has 1 N–H and O–H groups in total. The van der Waals surface area contributed by atoms with E-state index in [2.05, 4.69) is 4.90 Å². The summed E-state index contributed by atoms with van der Waals surface area (Å²) in [6, 6.07) is 10.3. The lowest BCUT2D eigenvalue weighted by Gasteiger charge is -2.44. The van der Waals surface area contributed by atoms with E-state index < -0.39 is 21.8 Å². The summed E-state index contributed by atoms with van der Waals surface area (Å²) < 4.78 is 46.4. The second kappa shape index (κ2) is 11.6. The first-order valence-electron chi connectivity index (χ1n) is 11.6. The fourth-order valence-corrected chi connectivity index (χ4v) is 5.45. The van der Waals surface area contributed by atoms with E-state index in [1.165, 1.54) is 30.3 Å². The van der Waals surface area contributed by atoms with Crippen LogP contribution in [0.2, 0.25) is 5.02 Å². The molecule has 2 aromatic carbocycles. The molecular weight excluding hydrogens is 509 g/mol. The molecule has 0 radical (unpaired) electrons. The summed E-state index contributed by atoms with van der Waals surface area (Å²) in [6.45, 7) is 8.42. The van der Waals surface area contributed by atoms with Crippen LogP contribution in [0.25, 0.3) is 0 Å². The van der Waals surface area contributed by atoms with Crippen LogP contribution < -0.4 is 9.46 Å². The van der Waals surface area contributed by atoms with Gasteiger partial charge in [-0.3, -0.25) is 14.5 Å². The van der Waals surface area contributed by atoms with Crippen molar-refractivity contribution in [3.8, 4) is 5.75 Å². The zero-order valence-corrected chi connectivity index (χ0v) is 22.3. The van der Waals surface area contributed by atoms with Crippen molar-refractivity contribution in [3.63, 3.8) is 0 Å². The largest absolute Gasteiger partial charge is 0.482 e. The normalized spacial score (nSPS) is 18.8. The van der Waals surface area contributed by atoms with E-state index in [1.807, 2.05) is 18.6 Å². The maximum absolute atomic E-state index is 13.2. The number of hydrogen-bond acceptors (Lipinski definition) is 6. The van der Waals surface area contributed by atoms with Gasteiger partial charge >= 0.3 is 0 Å². The molecular formula is C25H31ClFN3O5S. The van der Waals surface area contributed by atoms with Crippen molar-refractivity contribution < 1.29 is 27.1 Å². The van der Waals surface area contributed by atoms with Gasteiger partial charge in [-0.1, -0.05) is 37.6 Å². The molecule has 36 heavy (non-hydrogen) atoms. The maximum atomic E-state index is 13.2. The third-order valence-corrected chi connectivity index (χ3v) is 7.64. The topological polar surface area (TPSA) is 96.0 Å². The van der Waals surface area contributed by atoms with Crippen molar-refractivity contribution in [2.24, 2.45) is 5.92 Å². The monoisotopic (exact) mass is 539 g/mol. The summed E-state index contributed by atoms with van der Waals surface area (Å²) in [6.07, 6.45) is 0. The van der Waals surface area contributed by atoms with Crippen molar-refractivity contribution in [2.75, 3.05) is 19.7 Å². The molecule has 1 fully saturated rings. The van der Waals surface area contributed by atoms with Crippen LogP contribution in [0.4, 0.5) is 4.39 Å². The van der Waals surface area contributed by atoms with E-state index in [1.54, 1.807) is 30.9 Å². The minimum absolute atomic E-state index is 0.0490. The lowest BCUT2D eigenvalue weighted by Crippen LogP contribution is -2.58. The van der Waals surface area contributed by atoms with Crippen molar-refractivity contribution in [1.82, 2.24) is 14.5 Å². The third-order valence-electron chi connectivity index (χ3n) is 6.04. The van der Waals surface area contributed by atoms with Gasteiger partial charge in [-0.05, 0) is 49.7 Å². The molecule has 196 valence electrons. The molecule has 1 aliphatic heterocycles. The molecule has 0 saturated carbocycles. The molecule has 1 heterocycles. The number of hydrogen-bond donors (Lipinski definition) is 1. The molecule has 8 nitrogen and oxygen atoms in total. The Morgan fingerprint density at radius 1 is 1.11 bits per heavy atom. The quantitative estimate of drug-likeness (QED) is 0.552. The Balaban J connectivity index is 1.66. The smallest absolute Gasteiger partial charge is 0.267 e. The Morgan fingerprint density at radius 3 is 2.42 bits per heavy atom. The molecule has 3 rings (SSSR count). The van der Waals surface area contributed by atoms with Crippen LogP contribution in [0.1, 0.15) is 33.3 Å². The summed E-state index contributed by atoms with van der Waals surface area (Å²) in [4.78, 5) is 28.6. The van der Waals surface area contributed by atoms with Gasteiger partial charge in [-0.2, -0.15) is 0 Å². The number of sulfonamides is 1. The highest BCUT2D eigenvalue weighted by molar-refractivity contribution is 7.90. The molecule has 1 saturated heterocycles. The average Bonchev–Trinajstić information content (AvgIpc) is 2.81. The molecule has 11 heteroatoms. The van der Waals surface area contributed by atoms with Crippen molar-refractivity contribution >= 4 is 33.4 Å². The standard InChI is InChI=1S/C25H31ClFN3O5S/c1-16(2)25(32)28-36(33,34)23-11-20(26)7-10-22(23)35-15-24(31)30-13-17(3)29(12-18(30)4)14-19-5-8-21(27)9-6-19/h5-11,16-18H,12-15H2,1-4H3,(H,28,32)/t17-,18+/m0/s1. The first-order valence-corrected chi connectivity index (χ1v) is 13.5. The fourth-order valence-electron chi connectivity index (χ4n) is 3.93. The van der Waals surface area contributed by atoms with Crippen molar-refractivity contribution in [2.45, 2.75) is 51.2 Å². The first kappa shape index (κ1) is 27.9. The fraction of sp³-hybridized carbons (Fsp3) is 0.440. The number of carbonyl (C=O) groups excluding carboxylic acids is 2. The van der Waals surface area contributed by atoms with Crippen LogP contribution in [0.3, 0.4) is 0 Å². The predicted octanol–water partition coefficient (Wildman–Crippen LogP) is 3.44. The summed E-state index contributed by atoms with van der Waals surface area (Å²) >= 11 is 5.99. The highest BCUT2D eigenvalue weighted by Gasteiger charge is 2.32. The van der Waals surface area contributed by atoms with E-state index in [4.69, 9.17) is 16.3 Å². The Hall–Kier alpha value is -2.69. The molecule has 0 unspecified atom stereocenters. The number of nitrogens with zero attached hydrogens (tertiary/aromatic N) is 2. The van der Waals surface area contributed by atoms with Crippen LogP contribution in [0, 0.1) is 11.7 Å². The lowest BCUT2D eigenvalue weighted by molar-refractivity contribution is -0.139. The lowest BCUT2D eigenvalue weighted by atomic mass is 10.1. The van der Waals surface area contributed by atoms with Crippen LogP contribution in [-0.2, 0) is 26.2 Å². The summed E-state index contributed by atoms with van der Waals surface area (Å²) in [5, 5.41) is 0.144. The minimum atomic E-state index is -4.25. The van der Waals surface area contributed by atoms with E-state index in [0.29, 0.717) is 19.6 Å². The van der Waals surface area contributed by atoms with Gasteiger partial charge in [0.25, 0.3) is 15.9 Å². The predicted molar refractivity (Wildman–Crippen MR) is 135 cm³/mol. The number of nitrogens with one attached hydrogen (secondary N) is 1.